The molecule has 3 nitrogen and oxygen atoms in total. The first-order chi connectivity index (χ1) is 5.68. The van der Waals surface area contributed by atoms with Crippen LogP contribution in [-0.2, 0) is 9.59 Å². The number of amides is 1. The first-order valence-electron chi connectivity index (χ1n) is 4.46. The molecule has 1 aliphatic heterocycles. The molecule has 0 spiro atoms. The molecule has 2 atom stereocenters. The molecule has 0 aromatic rings. The topological polar surface area (TPSA) is 37.4 Å². The summed E-state index contributed by atoms with van der Waals surface area (Å²) in [4.78, 5) is 24.0. The summed E-state index contributed by atoms with van der Waals surface area (Å²) in [5.74, 6) is 1.13. The number of rotatable bonds is 2. The maximum atomic E-state index is 11.5. The van der Waals surface area contributed by atoms with Crippen LogP contribution >= 0.6 is 0 Å². The summed E-state index contributed by atoms with van der Waals surface area (Å²) in [7, 11) is 0. The highest BCUT2D eigenvalue weighted by atomic mass is 16.2. The number of nitrogens with zero attached hydrogens (tertiary/aromatic N) is 1. The van der Waals surface area contributed by atoms with Crippen molar-refractivity contribution in [2.75, 3.05) is 13.1 Å². The van der Waals surface area contributed by atoms with E-state index in [0.717, 1.165) is 13.0 Å². The van der Waals surface area contributed by atoms with Gasteiger partial charge in [-0.3, -0.25) is 9.59 Å². The summed E-state index contributed by atoms with van der Waals surface area (Å²) in [5, 5.41) is 0. The summed E-state index contributed by atoms with van der Waals surface area (Å²) >= 11 is 0. The van der Waals surface area contributed by atoms with Crippen LogP contribution in [0.3, 0.4) is 0 Å². The van der Waals surface area contributed by atoms with Crippen LogP contribution in [-0.4, -0.2) is 29.7 Å². The summed E-state index contributed by atoms with van der Waals surface area (Å²) in [6.07, 6.45) is 2.21. The van der Waals surface area contributed by atoms with Crippen molar-refractivity contribution in [1.29, 1.82) is 0 Å². The van der Waals surface area contributed by atoms with Gasteiger partial charge in [-0.1, -0.05) is 0 Å². The Labute approximate surface area is 71.7 Å². The van der Waals surface area contributed by atoms with Crippen molar-refractivity contribution >= 4 is 11.7 Å². The van der Waals surface area contributed by atoms with Crippen molar-refractivity contribution in [2.45, 2.75) is 19.8 Å². The number of Topliss-reactive ketones (excluding diaryl/α,β-unsaturated/α-hetero) is 1. The molecule has 1 saturated carbocycles. The molecule has 0 aromatic carbocycles. The third-order valence-corrected chi connectivity index (χ3v) is 2.91. The maximum absolute atomic E-state index is 11.5. The van der Waals surface area contributed by atoms with Gasteiger partial charge in [-0.15, -0.1) is 0 Å². The van der Waals surface area contributed by atoms with Crippen molar-refractivity contribution in [3.05, 3.63) is 0 Å². The van der Waals surface area contributed by atoms with Crippen LogP contribution < -0.4 is 0 Å². The van der Waals surface area contributed by atoms with Crippen LogP contribution in [0, 0.1) is 11.8 Å². The van der Waals surface area contributed by atoms with Crippen molar-refractivity contribution in [3.63, 3.8) is 0 Å². The van der Waals surface area contributed by atoms with E-state index in [1.807, 2.05) is 0 Å². The number of carbonyl (C=O) groups excluding carboxylic acids is 2. The fraction of sp³-hybridized carbons (Fsp3) is 0.778. The van der Waals surface area contributed by atoms with Crippen molar-refractivity contribution < 1.29 is 9.59 Å². The monoisotopic (exact) mass is 167 g/mol. The lowest BCUT2D eigenvalue weighted by Crippen LogP contribution is -2.31. The molecule has 2 aliphatic rings. The van der Waals surface area contributed by atoms with Crippen LogP contribution in [0.5, 0.6) is 0 Å². The summed E-state index contributed by atoms with van der Waals surface area (Å²) in [6.45, 7) is 2.68. The molecule has 0 N–H and O–H groups in total. The van der Waals surface area contributed by atoms with Crippen LogP contribution in [0.1, 0.15) is 19.8 Å². The highest BCUT2D eigenvalue weighted by Crippen LogP contribution is 2.41. The van der Waals surface area contributed by atoms with Gasteiger partial charge in [-0.25, -0.2) is 0 Å². The second-order valence-electron chi connectivity index (χ2n) is 3.86. The molecule has 2 rings (SSSR count). The standard InChI is InChI=1S/C9H13NO2/c1-6(11)4-10-5-7-2-3-8(7)9(10)12/h7-8H,2-5H2,1H3. The number of hydrogen-bond donors (Lipinski definition) is 0. The van der Waals surface area contributed by atoms with Gasteiger partial charge in [0.15, 0.2) is 0 Å². The first-order valence-corrected chi connectivity index (χ1v) is 4.46. The molecular weight excluding hydrogens is 154 g/mol. The minimum Gasteiger partial charge on any atom is -0.335 e. The second-order valence-corrected chi connectivity index (χ2v) is 3.86. The van der Waals surface area contributed by atoms with Gasteiger partial charge in [0.05, 0.1) is 6.54 Å². The van der Waals surface area contributed by atoms with Crippen molar-refractivity contribution in [3.8, 4) is 0 Å². The highest BCUT2D eigenvalue weighted by molar-refractivity contribution is 5.87. The van der Waals surface area contributed by atoms with Gasteiger partial charge in [-0.2, -0.15) is 0 Å². The minimum absolute atomic E-state index is 0.0876. The average Bonchev–Trinajstić information content (AvgIpc) is 2.10. The Bertz CT molecular complexity index is 237. The molecule has 2 unspecified atom stereocenters. The molecule has 3 heteroatoms. The van der Waals surface area contributed by atoms with Crippen molar-refractivity contribution in [1.82, 2.24) is 4.90 Å². The zero-order valence-corrected chi connectivity index (χ0v) is 7.25. The minimum atomic E-state index is 0.0876. The van der Waals surface area contributed by atoms with Gasteiger partial charge in [0.2, 0.25) is 5.91 Å². The molecule has 2 fully saturated rings. The van der Waals surface area contributed by atoms with Crippen molar-refractivity contribution in [2.24, 2.45) is 11.8 Å². The van der Waals surface area contributed by atoms with E-state index in [9.17, 15) is 9.59 Å². The number of ketones is 1. The number of likely N-dealkylation sites (tertiary alicyclic amines) is 1. The third kappa shape index (κ3) is 1.04. The number of hydrogen-bond acceptors (Lipinski definition) is 2. The van der Waals surface area contributed by atoms with Gasteiger partial charge in [0, 0.05) is 12.5 Å². The van der Waals surface area contributed by atoms with Crippen LogP contribution in [0.25, 0.3) is 0 Å². The lowest BCUT2D eigenvalue weighted by atomic mass is 9.76. The highest BCUT2D eigenvalue weighted by Gasteiger charge is 2.45. The molecule has 1 amide bonds. The maximum Gasteiger partial charge on any atom is 0.226 e. The summed E-state index contributed by atoms with van der Waals surface area (Å²) < 4.78 is 0. The molecule has 0 aromatic heterocycles. The van der Waals surface area contributed by atoms with Crippen LogP contribution in [0.4, 0.5) is 0 Å². The molecule has 1 aliphatic carbocycles. The molecule has 0 bridgehead atoms. The molecule has 1 saturated heterocycles. The van der Waals surface area contributed by atoms with E-state index in [1.54, 1.807) is 4.90 Å². The van der Waals surface area contributed by atoms with Gasteiger partial charge >= 0.3 is 0 Å². The average molecular weight is 167 g/mol. The van der Waals surface area contributed by atoms with E-state index in [0.29, 0.717) is 12.5 Å². The molecular formula is C9H13NO2. The second kappa shape index (κ2) is 2.57. The zero-order valence-electron chi connectivity index (χ0n) is 7.25. The van der Waals surface area contributed by atoms with Crippen LogP contribution in [0.15, 0.2) is 0 Å². The molecule has 1 heterocycles. The quantitative estimate of drug-likeness (QED) is 0.598. The summed E-state index contributed by atoms with van der Waals surface area (Å²) in [6, 6.07) is 0. The van der Waals surface area contributed by atoms with Gasteiger partial charge in [0.1, 0.15) is 5.78 Å². The molecule has 0 radical (unpaired) electrons. The predicted octanol–water partition coefficient (Wildman–Crippen LogP) is 0.444. The SMILES string of the molecule is CC(=O)CN1CC2CCC2C1=O. The fourth-order valence-electron chi connectivity index (χ4n) is 2.13. The molecule has 12 heavy (non-hydrogen) atoms. The summed E-state index contributed by atoms with van der Waals surface area (Å²) in [5.41, 5.74) is 0. The van der Waals surface area contributed by atoms with E-state index in [-0.39, 0.29) is 17.6 Å². The lowest BCUT2D eigenvalue weighted by molar-refractivity contribution is -0.135. The Balaban J connectivity index is 2.00. The van der Waals surface area contributed by atoms with E-state index in [4.69, 9.17) is 0 Å². The lowest BCUT2D eigenvalue weighted by Gasteiger charge is -2.25. The van der Waals surface area contributed by atoms with Crippen LogP contribution in [0.2, 0.25) is 0 Å². The smallest absolute Gasteiger partial charge is 0.226 e. The van der Waals surface area contributed by atoms with Gasteiger partial charge in [0.25, 0.3) is 0 Å². The largest absolute Gasteiger partial charge is 0.335 e. The first kappa shape index (κ1) is 7.77. The van der Waals surface area contributed by atoms with E-state index >= 15 is 0 Å². The zero-order chi connectivity index (χ0) is 8.72. The Morgan fingerprint density at radius 3 is 2.67 bits per heavy atom. The van der Waals surface area contributed by atoms with Gasteiger partial charge in [-0.05, 0) is 25.7 Å². The Hall–Kier alpha value is -0.860. The fourth-order valence-corrected chi connectivity index (χ4v) is 2.13. The Kier molecular flexibility index (Phi) is 1.67. The number of carbonyl (C=O) groups is 2. The van der Waals surface area contributed by atoms with E-state index in [2.05, 4.69) is 0 Å². The van der Waals surface area contributed by atoms with E-state index < -0.39 is 0 Å². The Morgan fingerprint density at radius 2 is 2.33 bits per heavy atom. The third-order valence-electron chi connectivity index (χ3n) is 2.91. The van der Waals surface area contributed by atoms with E-state index in [1.165, 1.54) is 13.3 Å². The molecule has 66 valence electrons. The number of fused-ring (bicyclic) bond motifs is 1. The Morgan fingerprint density at radius 1 is 1.58 bits per heavy atom. The normalized spacial score (nSPS) is 33.1. The van der Waals surface area contributed by atoms with Gasteiger partial charge < -0.3 is 4.90 Å². The predicted molar refractivity (Wildman–Crippen MR) is 43.5 cm³/mol.